The molecule has 0 radical (unpaired) electrons. The number of β-amino-alcohol motifs (C(OH)–C–C–N with tert-alkyl or cyclic N) is 1. The standard InChI is InChI=1S/C35H57N3O4/c1-24-32(39)13-12-31(38-24)28-11-10-27-9-4-3-5-14-35(42,22-33(40)41)23-37-34(2)15-16-36-30(21-34)19-26-8-6-7-25(17-26)18-29(27)20-28/h6-8,17,24,27-32,36-39,42H,3-5,9-16,18-23H2,1-2H3,(H,40,41)/t24-,27-,28-,29+,30+,31-,32+,34-,35+/m0/s1. The summed E-state index contributed by atoms with van der Waals surface area (Å²) in [6.07, 6.45) is 14.1. The predicted octanol–water partition coefficient (Wildman–Crippen LogP) is 4.58. The minimum atomic E-state index is -1.21. The van der Waals surface area contributed by atoms with Crippen molar-refractivity contribution in [3.8, 4) is 0 Å². The molecule has 3 heterocycles. The fourth-order valence-electron chi connectivity index (χ4n) is 8.84. The lowest BCUT2D eigenvalue weighted by Crippen LogP contribution is -2.58. The first kappa shape index (κ1) is 31.9. The van der Waals surface area contributed by atoms with Gasteiger partial charge in [-0.25, -0.2) is 0 Å². The molecule has 0 unspecified atom stereocenters. The van der Waals surface area contributed by atoms with Gasteiger partial charge < -0.3 is 31.3 Å². The molecule has 2 saturated heterocycles. The van der Waals surface area contributed by atoms with Gasteiger partial charge in [-0.05, 0) is 113 Å². The van der Waals surface area contributed by atoms with Crippen LogP contribution in [0.2, 0.25) is 0 Å². The number of carboxylic acid groups (broad SMARTS) is 1. The molecule has 0 amide bonds. The molecule has 9 atom stereocenters. The molecule has 42 heavy (non-hydrogen) atoms. The summed E-state index contributed by atoms with van der Waals surface area (Å²) in [4.78, 5) is 11.7. The SMILES string of the molecule is C[C@@H]1N[C@H]([C@H]2CC[C@@H]3CCCCC[C@@](O)(CC(=O)O)CN[C@@]4(C)CCN[C@H](Cc5cccc(c5)C[C@@H]3C2)C4)CC[C@H]1O. The van der Waals surface area contributed by atoms with Crippen molar-refractivity contribution in [1.82, 2.24) is 16.0 Å². The Morgan fingerprint density at radius 2 is 1.76 bits per heavy atom. The number of carboxylic acids is 1. The highest BCUT2D eigenvalue weighted by Crippen LogP contribution is 2.42. The van der Waals surface area contributed by atoms with Crippen LogP contribution in [0.3, 0.4) is 0 Å². The Morgan fingerprint density at radius 1 is 0.976 bits per heavy atom. The number of carbonyl (C=O) groups is 1. The molecule has 7 heteroatoms. The highest BCUT2D eigenvalue weighted by Gasteiger charge is 2.38. The van der Waals surface area contributed by atoms with E-state index in [1.165, 1.54) is 36.8 Å². The van der Waals surface area contributed by atoms with Gasteiger partial charge in [-0.1, -0.05) is 49.9 Å². The van der Waals surface area contributed by atoms with Crippen LogP contribution in [0.15, 0.2) is 24.3 Å². The summed E-state index contributed by atoms with van der Waals surface area (Å²) in [5.74, 6) is 1.11. The maximum Gasteiger partial charge on any atom is 0.306 e. The van der Waals surface area contributed by atoms with Crippen molar-refractivity contribution in [3.05, 3.63) is 35.4 Å². The van der Waals surface area contributed by atoms with E-state index >= 15 is 0 Å². The van der Waals surface area contributed by atoms with Crippen LogP contribution in [0, 0.1) is 17.8 Å². The summed E-state index contributed by atoms with van der Waals surface area (Å²) in [6.45, 7) is 5.61. The Hall–Kier alpha value is -1.51. The number of benzene rings is 1. The molecule has 1 aromatic carbocycles. The van der Waals surface area contributed by atoms with Gasteiger partial charge in [0.25, 0.3) is 0 Å². The number of aliphatic hydroxyl groups excluding tert-OH is 1. The quantitative estimate of drug-likeness (QED) is 0.309. The highest BCUT2D eigenvalue weighted by molar-refractivity contribution is 5.68. The van der Waals surface area contributed by atoms with Crippen molar-refractivity contribution < 1.29 is 20.1 Å². The molecule has 1 saturated carbocycles. The number of fused-ring (bicyclic) bond motifs is 5. The second-order valence-corrected chi connectivity index (χ2v) is 14.9. The number of aliphatic carboxylic acids is 1. The van der Waals surface area contributed by atoms with Gasteiger partial charge in [0.2, 0.25) is 0 Å². The van der Waals surface area contributed by atoms with Gasteiger partial charge in [0, 0.05) is 30.2 Å². The van der Waals surface area contributed by atoms with Crippen LogP contribution in [0.5, 0.6) is 0 Å². The Morgan fingerprint density at radius 3 is 2.55 bits per heavy atom. The van der Waals surface area contributed by atoms with Gasteiger partial charge in [-0.15, -0.1) is 0 Å². The lowest BCUT2D eigenvalue weighted by molar-refractivity contribution is -0.143. The van der Waals surface area contributed by atoms with Crippen LogP contribution in [-0.4, -0.2) is 69.7 Å². The third kappa shape index (κ3) is 8.56. The lowest BCUT2D eigenvalue weighted by Gasteiger charge is -2.43. The second-order valence-electron chi connectivity index (χ2n) is 14.9. The third-order valence-corrected chi connectivity index (χ3v) is 11.4. The number of hydrogen-bond donors (Lipinski definition) is 6. The van der Waals surface area contributed by atoms with Crippen molar-refractivity contribution in [2.24, 2.45) is 17.8 Å². The molecular weight excluding hydrogens is 526 g/mol. The molecule has 4 bridgehead atoms. The zero-order valence-electron chi connectivity index (χ0n) is 26.1. The van der Waals surface area contributed by atoms with Crippen molar-refractivity contribution in [1.29, 1.82) is 0 Å². The van der Waals surface area contributed by atoms with Gasteiger partial charge >= 0.3 is 5.97 Å². The first-order valence-electron chi connectivity index (χ1n) is 17.0. The number of aliphatic hydroxyl groups is 2. The number of piperidine rings is 2. The molecule has 0 aromatic heterocycles. The summed E-state index contributed by atoms with van der Waals surface area (Å²) in [6, 6.07) is 10.3. The van der Waals surface area contributed by atoms with Gasteiger partial charge in [0.15, 0.2) is 0 Å². The van der Waals surface area contributed by atoms with Crippen LogP contribution >= 0.6 is 0 Å². The largest absolute Gasteiger partial charge is 0.481 e. The zero-order chi connectivity index (χ0) is 29.7. The maximum absolute atomic E-state index is 11.7. The van der Waals surface area contributed by atoms with Crippen LogP contribution in [0.1, 0.15) is 108 Å². The van der Waals surface area contributed by atoms with Crippen LogP contribution in [0.25, 0.3) is 0 Å². The maximum atomic E-state index is 11.7. The Balaban J connectivity index is 1.33. The molecule has 3 fully saturated rings. The molecule has 1 aromatic rings. The van der Waals surface area contributed by atoms with Crippen molar-refractivity contribution in [2.45, 2.75) is 146 Å². The van der Waals surface area contributed by atoms with E-state index in [0.717, 1.165) is 64.3 Å². The zero-order valence-corrected chi connectivity index (χ0v) is 26.1. The van der Waals surface area contributed by atoms with Crippen LogP contribution < -0.4 is 16.0 Å². The van der Waals surface area contributed by atoms with Gasteiger partial charge in [-0.2, -0.15) is 0 Å². The van der Waals surface area contributed by atoms with E-state index in [9.17, 15) is 20.1 Å². The molecule has 1 aliphatic carbocycles. The fraction of sp³-hybridized carbons (Fsp3) is 0.800. The predicted molar refractivity (Wildman–Crippen MR) is 168 cm³/mol. The Bertz CT molecular complexity index is 1040. The minimum Gasteiger partial charge on any atom is -0.481 e. The van der Waals surface area contributed by atoms with Crippen LogP contribution in [0.4, 0.5) is 0 Å². The normalized spacial score (nSPS) is 40.7. The molecule has 3 aliphatic heterocycles. The van der Waals surface area contributed by atoms with E-state index in [1.54, 1.807) is 0 Å². The number of rotatable bonds is 3. The molecule has 4 aliphatic rings. The molecule has 6 N–H and O–H groups in total. The van der Waals surface area contributed by atoms with E-state index in [0.29, 0.717) is 42.8 Å². The summed E-state index contributed by atoms with van der Waals surface area (Å²) < 4.78 is 0. The monoisotopic (exact) mass is 583 g/mol. The van der Waals surface area contributed by atoms with E-state index < -0.39 is 11.6 Å². The topological polar surface area (TPSA) is 114 Å². The van der Waals surface area contributed by atoms with Crippen molar-refractivity contribution in [3.63, 3.8) is 0 Å². The average molecular weight is 584 g/mol. The van der Waals surface area contributed by atoms with Crippen molar-refractivity contribution in [2.75, 3.05) is 13.1 Å². The first-order valence-corrected chi connectivity index (χ1v) is 17.0. The third-order valence-electron chi connectivity index (χ3n) is 11.4. The van der Waals surface area contributed by atoms with E-state index in [-0.39, 0.29) is 24.1 Å². The second kappa shape index (κ2) is 14.1. The van der Waals surface area contributed by atoms with Crippen molar-refractivity contribution >= 4 is 5.97 Å². The van der Waals surface area contributed by atoms with Gasteiger partial charge in [0.05, 0.1) is 18.1 Å². The summed E-state index contributed by atoms with van der Waals surface area (Å²) in [5.41, 5.74) is 1.52. The summed E-state index contributed by atoms with van der Waals surface area (Å²) in [7, 11) is 0. The Kier molecular flexibility index (Phi) is 10.7. The summed E-state index contributed by atoms with van der Waals surface area (Å²) in [5, 5.41) is 42.4. The fourth-order valence-corrected chi connectivity index (χ4v) is 8.84. The van der Waals surface area contributed by atoms with Gasteiger partial charge in [0.1, 0.15) is 0 Å². The Labute approximate surface area is 253 Å². The van der Waals surface area contributed by atoms with E-state index in [4.69, 9.17) is 0 Å². The number of hydrogen-bond acceptors (Lipinski definition) is 6. The first-order chi connectivity index (χ1) is 20.1. The molecule has 236 valence electrons. The van der Waals surface area contributed by atoms with Crippen LogP contribution in [-0.2, 0) is 17.6 Å². The lowest BCUT2D eigenvalue weighted by atomic mass is 9.67. The molecular formula is C35H57N3O4. The van der Waals surface area contributed by atoms with E-state index in [2.05, 4.69) is 54.1 Å². The van der Waals surface area contributed by atoms with Gasteiger partial charge in [-0.3, -0.25) is 4.79 Å². The van der Waals surface area contributed by atoms with E-state index in [1.807, 2.05) is 0 Å². The molecule has 5 rings (SSSR count). The summed E-state index contributed by atoms with van der Waals surface area (Å²) >= 11 is 0. The smallest absolute Gasteiger partial charge is 0.306 e. The average Bonchev–Trinajstić information content (AvgIpc) is 2.94. The highest BCUT2D eigenvalue weighted by atomic mass is 16.4. The molecule has 0 spiro atoms. The molecule has 7 nitrogen and oxygen atoms in total. The number of nitrogens with one attached hydrogen (secondary N) is 3. The minimum absolute atomic E-state index is 0.128.